The van der Waals surface area contributed by atoms with Gasteiger partial charge in [0.2, 0.25) is 0 Å². The van der Waals surface area contributed by atoms with Crippen LogP contribution in [-0.4, -0.2) is 212 Å². The molecule has 0 radical (unpaired) electrons. The topological polar surface area (TPSA) is 0 Å². The molecule has 0 nitrogen and oxygen atoms in total. The van der Waals surface area contributed by atoms with Crippen molar-refractivity contribution in [2.45, 2.75) is 5.92 Å². The molecule has 8 aromatic carbocycles. The molecule has 0 amide bonds. The fourth-order valence-corrected chi connectivity index (χ4v) is 14.8. The average molecular weight is 864 g/mol. The maximum Gasteiger partial charge on any atom is 0.140 e. The van der Waals surface area contributed by atoms with E-state index in [-0.39, 0.29) is 5.92 Å². The summed E-state index contributed by atoms with van der Waals surface area (Å²) in [7, 11) is 64.9. The molecule has 0 N–H and O–H groups in total. The van der Waals surface area contributed by atoms with E-state index in [9.17, 15) is 0 Å². The fraction of sp³-hybridized carbons (Fsp3) is 0.0233. The van der Waals surface area contributed by atoms with Crippen molar-refractivity contribution in [3.05, 3.63) is 16.0 Å². The minimum Gasteiger partial charge on any atom is -0.102 e. The molecule has 70 heavy (non-hydrogen) atoms. The number of fused-ring (bicyclic) bond motifs is 6. The van der Waals surface area contributed by atoms with Crippen molar-refractivity contribution in [2.75, 3.05) is 0 Å². The molecular weight excluding hydrogens is 808 g/mol. The zero-order valence-electron chi connectivity index (χ0n) is 48.6. The van der Waals surface area contributed by atoms with Gasteiger partial charge in [0.25, 0.3) is 0 Å². The predicted octanol–water partition coefficient (Wildman–Crippen LogP) is -35.6. The van der Waals surface area contributed by atoms with E-state index in [1.807, 2.05) is 0 Å². The predicted molar refractivity (Wildman–Crippen MR) is 404 cm³/mol. The monoisotopic (exact) mass is 869 g/mol. The van der Waals surface area contributed by atoms with E-state index >= 15 is 0 Å². The van der Waals surface area contributed by atoms with Crippen LogP contribution < -0.4 is 147 Å². The van der Waals surface area contributed by atoms with Crippen LogP contribution >= 0.6 is 0 Å². The highest BCUT2D eigenvalue weighted by Crippen LogP contribution is 2.44. The van der Waals surface area contributed by atoms with Gasteiger partial charge in [0.05, 0.1) is 0 Å². The van der Waals surface area contributed by atoms with Gasteiger partial charge in [0, 0.05) is 5.92 Å². The van der Waals surface area contributed by atoms with Gasteiger partial charge in [-0.05, 0) is 81.3 Å². The quantitative estimate of drug-likeness (QED) is 0.0943. The van der Waals surface area contributed by atoms with Crippen molar-refractivity contribution < 1.29 is 0 Å². The minimum absolute atomic E-state index is 0.115. The molecule has 308 valence electrons. The van der Waals surface area contributed by atoms with Gasteiger partial charge < -0.3 is 0 Å². The molecule has 0 spiro atoms. The third-order valence-corrected chi connectivity index (χ3v) is 20.8. The molecule has 0 saturated carbocycles. The van der Waals surface area contributed by atoms with E-state index in [1.165, 1.54) is 229 Å². The van der Waals surface area contributed by atoms with Gasteiger partial charge in [0.15, 0.2) is 0 Å². The third-order valence-electron chi connectivity index (χ3n) is 20.8. The summed E-state index contributed by atoms with van der Waals surface area (Å²) < 4.78 is 0. The summed E-state index contributed by atoms with van der Waals surface area (Å²) in [5, 5.41) is 14.6. The highest BCUT2D eigenvalue weighted by Gasteiger charge is 2.34. The van der Waals surface area contributed by atoms with Crippen LogP contribution in [0.15, 0.2) is 0 Å². The Hall–Kier alpha value is -3.71. The van der Waals surface area contributed by atoms with Crippen LogP contribution in [0.4, 0.5) is 0 Å². The molecule has 0 saturated heterocycles. The van der Waals surface area contributed by atoms with Gasteiger partial charge in [-0.1, -0.05) is 87.4 Å². The van der Waals surface area contributed by atoms with E-state index < -0.39 is 0 Å². The maximum absolute atomic E-state index is 2.50. The lowest BCUT2D eigenvalue weighted by Gasteiger charge is -2.33. The lowest BCUT2D eigenvalue weighted by atomic mass is 9.56. The highest BCUT2D eigenvalue weighted by atomic mass is 14.3. The van der Waals surface area contributed by atoms with Crippen LogP contribution in [0.2, 0.25) is 0 Å². The molecule has 1 aliphatic carbocycles. The molecule has 8 aromatic rings. The molecule has 1 atom stereocenters. The summed E-state index contributed by atoms with van der Waals surface area (Å²) >= 11 is 0. The molecule has 0 fully saturated rings. The van der Waals surface area contributed by atoms with Gasteiger partial charge in [-0.2, -0.15) is 0 Å². The second kappa shape index (κ2) is 17.2. The minimum atomic E-state index is 0.115. The van der Waals surface area contributed by atoms with Gasteiger partial charge in [0.1, 0.15) is 212 Å². The van der Waals surface area contributed by atoms with Crippen molar-refractivity contribution in [1.82, 2.24) is 0 Å². The Kier molecular flexibility index (Phi) is 12.6. The Morgan fingerprint density at radius 3 is 0.786 bits per heavy atom. The summed E-state index contributed by atoms with van der Waals surface area (Å²) in [6.45, 7) is 0. The molecule has 9 rings (SSSR count). The zero-order valence-corrected chi connectivity index (χ0v) is 48.6. The van der Waals surface area contributed by atoms with E-state index in [2.05, 4.69) is 212 Å². The summed E-state index contributed by atoms with van der Waals surface area (Å²) in [6.07, 6.45) is 0. The van der Waals surface area contributed by atoms with Gasteiger partial charge in [-0.15, -0.1) is 60.1 Å². The molecule has 0 aliphatic heterocycles. The first-order valence-electron chi connectivity index (χ1n) is 26.4. The van der Waals surface area contributed by atoms with Gasteiger partial charge >= 0.3 is 0 Å². The Morgan fingerprint density at radius 2 is 0.400 bits per heavy atom. The molecular formula is C43H55B27. The first-order chi connectivity index (χ1) is 32.6. The Labute approximate surface area is 443 Å². The standard InChI is InChI=1S/C43H55B27/c44-17-3(8-9(26(53)38(65)37(64)25(8)52)10-12(17)30(57)40(67)39(66)27(10)54)1-4-6(23(50)35(62)33(60)21(4)48)2(7-5(1)22(49)34(61)36(63)24(7)51)11-18(45)13-14(19(11)46)28(55)29(56)15(20(13)47)16-31(58)41(68)43(70)42(69)32(16)59/h11H,44-70H2. The molecule has 0 bridgehead atoms. The van der Waals surface area contributed by atoms with Crippen molar-refractivity contribution >= 4 is 402 Å². The molecule has 27 heteroatoms. The number of benzene rings is 8. The second-order valence-electron chi connectivity index (χ2n) is 23.1. The van der Waals surface area contributed by atoms with E-state index in [1.54, 1.807) is 0 Å². The molecule has 1 aliphatic rings. The first kappa shape index (κ1) is 51.2. The zero-order chi connectivity index (χ0) is 51.8. The lowest BCUT2D eigenvalue weighted by molar-refractivity contribution is 1.25. The molecule has 0 aromatic heterocycles. The summed E-state index contributed by atoms with van der Waals surface area (Å²) in [4.78, 5) is 0. The largest absolute Gasteiger partial charge is 0.140 e. The normalized spacial score (nSPS) is 13.6. The van der Waals surface area contributed by atoms with Crippen molar-refractivity contribution in [1.29, 1.82) is 0 Å². The summed E-state index contributed by atoms with van der Waals surface area (Å²) in [5.41, 5.74) is 45.7. The number of rotatable bonds is 3. The Morgan fingerprint density at radius 1 is 0.157 bits per heavy atom. The van der Waals surface area contributed by atoms with Crippen LogP contribution in [0.25, 0.3) is 76.3 Å². The van der Waals surface area contributed by atoms with Crippen molar-refractivity contribution in [3.63, 3.8) is 0 Å². The van der Waals surface area contributed by atoms with Crippen molar-refractivity contribution in [2.24, 2.45) is 0 Å². The Balaban J connectivity index is 1.61. The highest BCUT2D eigenvalue weighted by molar-refractivity contribution is 6.77. The Bertz CT molecular complexity index is 3920. The van der Waals surface area contributed by atoms with Crippen LogP contribution in [0.5, 0.6) is 0 Å². The van der Waals surface area contributed by atoms with E-state index in [4.69, 9.17) is 0 Å². The average Bonchev–Trinajstić information content (AvgIpc) is 3.59. The molecule has 1 unspecified atom stereocenters. The summed E-state index contributed by atoms with van der Waals surface area (Å²) in [6, 6.07) is 0. The molecule has 0 heterocycles. The van der Waals surface area contributed by atoms with Crippen LogP contribution in [0, 0.1) is 0 Å². The van der Waals surface area contributed by atoms with E-state index in [0.717, 1.165) is 0 Å². The van der Waals surface area contributed by atoms with Crippen LogP contribution in [0.3, 0.4) is 0 Å². The summed E-state index contributed by atoms with van der Waals surface area (Å²) in [5.74, 6) is 0.115. The number of hydrogen-bond acceptors (Lipinski definition) is 0. The van der Waals surface area contributed by atoms with Gasteiger partial charge in [-0.25, -0.2) is 0 Å². The SMILES string of the molecule is BC1=c2c(B)c(B)c(-c3c(B)c(B)c(B)c(B)c3B)c(B)c2=C(B)C1c1c2c(B)c(B)c(B)c(B)c2c(-c2c(B)c3c(B)c(B)c(B)c(B)c3c3c(B)c(B)c(B)c(B)c23)c2c(B)c(B)c(B)c(B)c12. The van der Waals surface area contributed by atoms with E-state index in [0.29, 0.717) is 0 Å². The van der Waals surface area contributed by atoms with Gasteiger partial charge in [-0.3, -0.25) is 0 Å². The smallest absolute Gasteiger partial charge is 0.102 e. The maximum atomic E-state index is 2.50. The van der Waals surface area contributed by atoms with Crippen LogP contribution in [-0.2, 0) is 0 Å². The van der Waals surface area contributed by atoms with Crippen molar-refractivity contribution in [3.8, 4) is 22.3 Å². The third kappa shape index (κ3) is 6.42. The first-order valence-corrected chi connectivity index (χ1v) is 26.4. The lowest BCUT2D eigenvalue weighted by Crippen LogP contribution is -2.60. The fourth-order valence-electron chi connectivity index (χ4n) is 14.8. The van der Waals surface area contributed by atoms with Crippen LogP contribution in [0.1, 0.15) is 11.5 Å². The number of hydrogen-bond donors (Lipinski definition) is 0. The second-order valence-corrected chi connectivity index (χ2v) is 23.1.